The van der Waals surface area contributed by atoms with Gasteiger partial charge in [-0.15, -0.1) is 11.6 Å². The van der Waals surface area contributed by atoms with Crippen molar-refractivity contribution in [3.63, 3.8) is 0 Å². The van der Waals surface area contributed by atoms with E-state index in [1.807, 2.05) is 30.3 Å². The van der Waals surface area contributed by atoms with E-state index in [9.17, 15) is 14.4 Å². The molecule has 0 aromatic heterocycles. The first kappa shape index (κ1) is 18.6. The van der Waals surface area contributed by atoms with E-state index in [0.29, 0.717) is 5.69 Å². The molecule has 0 spiro atoms. The fourth-order valence-corrected chi connectivity index (χ4v) is 3.37. The van der Waals surface area contributed by atoms with E-state index in [2.05, 4.69) is 15.9 Å². The minimum atomic E-state index is -0.849. The largest absolute Gasteiger partial charge is 0.325 e. The van der Waals surface area contributed by atoms with Crippen molar-refractivity contribution in [2.45, 2.75) is 19.0 Å². The number of alkyl halides is 1. The highest BCUT2D eigenvalue weighted by molar-refractivity contribution is 9.10. The molecule has 0 radical (unpaired) electrons. The average molecular weight is 436 g/mol. The molecule has 0 aliphatic carbocycles. The van der Waals surface area contributed by atoms with Gasteiger partial charge in [-0.25, -0.2) is 4.90 Å². The van der Waals surface area contributed by atoms with Gasteiger partial charge < -0.3 is 4.90 Å². The summed E-state index contributed by atoms with van der Waals surface area (Å²) < 4.78 is 0.847. The molecule has 1 atom stereocenters. The highest BCUT2D eigenvalue weighted by atomic mass is 79.9. The van der Waals surface area contributed by atoms with Gasteiger partial charge in [-0.05, 0) is 29.8 Å². The zero-order valence-electron chi connectivity index (χ0n) is 13.8. The van der Waals surface area contributed by atoms with Crippen LogP contribution in [0.15, 0.2) is 59.1 Å². The molecule has 0 bridgehead atoms. The molecular weight excluding hydrogens is 420 g/mol. The molecule has 0 saturated carbocycles. The number of rotatable bonds is 5. The summed E-state index contributed by atoms with van der Waals surface area (Å²) in [6.45, 7) is 0.226. The van der Waals surface area contributed by atoms with E-state index < -0.39 is 11.9 Å². The van der Waals surface area contributed by atoms with Crippen molar-refractivity contribution in [2.75, 3.05) is 10.8 Å². The van der Waals surface area contributed by atoms with Crippen LogP contribution < -0.4 is 4.90 Å². The summed E-state index contributed by atoms with van der Waals surface area (Å²) in [5.74, 6) is -1.36. The fourth-order valence-electron chi connectivity index (χ4n) is 2.95. The third kappa shape index (κ3) is 3.81. The molecule has 1 saturated heterocycles. The van der Waals surface area contributed by atoms with E-state index in [-0.39, 0.29) is 30.7 Å². The van der Waals surface area contributed by atoms with Crippen molar-refractivity contribution < 1.29 is 14.4 Å². The monoisotopic (exact) mass is 434 g/mol. The predicted octanol–water partition coefficient (Wildman–Crippen LogP) is 3.35. The maximum Gasteiger partial charge on any atom is 0.257 e. The van der Waals surface area contributed by atoms with Crippen LogP contribution in [0.4, 0.5) is 5.69 Å². The quantitative estimate of drug-likeness (QED) is 0.534. The Morgan fingerprint density at radius 1 is 1.12 bits per heavy atom. The molecule has 7 heteroatoms. The second kappa shape index (κ2) is 8.01. The van der Waals surface area contributed by atoms with Crippen LogP contribution in [0.1, 0.15) is 12.0 Å². The van der Waals surface area contributed by atoms with Crippen molar-refractivity contribution in [3.8, 4) is 0 Å². The predicted molar refractivity (Wildman–Crippen MR) is 103 cm³/mol. The molecule has 1 aliphatic heterocycles. The summed E-state index contributed by atoms with van der Waals surface area (Å²) in [6, 6.07) is 15.4. The van der Waals surface area contributed by atoms with Crippen molar-refractivity contribution in [1.29, 1.82) is 0 Å². The van der Waals surface area contributed by atoms with Crippen molar-refractivity contribution in [1.82, 2.24) is 4.90 Å². The number of hydrogen-bond donors (Lipinski definition) is 0. The Bertz CT molecular complexity index is 826. The zero-order chi connectivity index (χ0) is 18.7. The number of halogens is 2. The molecule has 1 heterocycles. The maximum atomic E-state index is 12.9. The lowest BCUT2D eigenvalue weighted by atomic mass is 10.1. The van der Waals surface area contributed by atoms with E-state index in [1.54, 1.807) is 24.3 Å². The van der Waals surface area contributed by atoms with Crippen LogP contribution in [0.2, 0.25) is 0 Å². The van der Waals surface area contributed by atoms with Gasteiger partial charge in [-0.3, -0.25) is 14.4 Å². The van der Waals surface area contributed by atoms with Crippen LogP contribution in [-0.2, 0) is 20.9 Å². The van der Waals surface area contributed by atoms with Gasteiger partial charge in [0.05, 0.1) is 12.1 Å². The third-order valence-corrected chi connectivity index (χ3v) is 4.97. The van der Waals surface area contributed by atoms with Crippen LogP contribution >= 0.6 is 27.5 Å². The Hall–Kier alpha value is -2.18. The first-order chi connectivity index (χ1) is 12.5. The van der Waals surface area contributed by atoms with E-state index in [0.717, 1.165) is 14.9 Å². The molecule has 3 amide bonds. The van der Waals surface area contributed by atoms with Crippen molar-refractivity contribution >= 4 is 50.9 Å². The lowest BCUT2D eigenvalue weighted by Crippen LogP contribution is -2.45. The smallest absolute Gasteiger partial charge is 0.257 e. The fraction of sp³-hybridized carbons (Fsp3) is 0.211. The lowest BCUT2D eigenvalue weighted by Gasteiger charge is -2.27. The normalized spacial score (nSPS) is 16.8. The molecule has 2 aromatic rings. The Labute approximate surface area is 164 Å². The molecule has 1 fully saturated rings. The van der Waals surface area contributed by atoms with Gasteiger partial charge in [-0.2, -0.15) is 0 Å². The zero-order valence-corrected chi connectivity index (χ0v) is 16.1. The van der Waals surface area contributed by atoms with Crippen LogP contribution in [0.25, 0.3) is 0 Å². The molecule has 1 aliphatic rings. The van der Waals surface area contributed by atoms with Crippen molar-refractivity contribution in [2.24, 2.45) is 0 Å². The number of amides is 3. The number of imide groups is 1. The summed E-state index contributed by atoms with van der Waals surface area (Å²) in [5.41, 5.74) is 1.36. The highest BCUT2D eigenvalue weighted by Gasteiger charge is 2.44. The molecule has 0 N–H and O–H groups in total. The summed E-state index contributed by atoms with van der Waals surface area (Å²) in [7, 11) is 0. The Balaban J connectivity index is 1.87. The van der Waals surface area contributed by atoms with Crippen LogP contribution in [0.5, 0.6) is 0 Å². The van der Waals surface area contributed by atoms with Gasteiger partial charge in [-0.1, -0.05) is 46.3 Å². The van der Waals surface area contributed by atoms with Gasteiger partial charge in [0.15, 0.2) is 0 Å². The summed E-state index contributed by atoms with van der Waals surface area (Å²) >= 11 is 9.07. The summed E-state index contributed by atoms with van der Waals surface area (Å²) in [5, 5.41) is 0. The van der Waals surface area contributed by atoms with E-state index in [4.69, 9.17) is 11.6 Å². The number of carbonyl (C=O) groups is 3. The molecule has 26 heavy (non-hydrogen) atoms. The molecule has 1 unspecified atom stereocenters. The topological polar surface area (TPSA) is 57.7 Å². The minimum Gasteiger partial charge on any atom is -0.325 e. The van der Waals surface area contributed by atoms with Crippen molar-refractivity contribution in [3.05, 3.63) is 64.6 Å². The molecule has 5 nitrogen and oxygen atoms in total. The summed E-state index contributed by atoms with van der Waals surface area (Å²) in [6.07, 6.45) is -0.0512. The van der Waals surface area contributed by atoms with Gasteiger partial charge in [0.2, 0.25) is 11.8 Å². The number of carbonyl (C=O) groups excluding carboxylic acids is 3. The third-order valence-electron chi connectivity index (χ3n) is 4.21. The number of anilines is 1. The Morgan fingerprint density at radius 2 is 1.77 bits per heavy atom. The Morgan fingerprint density at radius 3 is 2.38 bits per heavy atom. The maximum absolute atomic E-state index is 12.9. The SMILES string of the molecule is O=C1CC(N(Cc2ccccc2)C(=O)CCl)C(=O)N1c1ccc(Br)cc1. The second-order valence-electron chi connectivity index (χ2n) is 5.90. The molecule has 2 aromatic carbocycles. The summed E-state index contributed by atoms with van der Waals surface area (Å²) in [4.78, 5) is 40.3. The number of hydrogen-bond acceptors (Lipinski definition) is 3. The Kier molecular flexibility index (Phi) is 5.74. The van der Waals surface area contributed by atoms with Crippen LogP contribution in [0.3, 0.4) is 0 Å². The molecular formula is C19H16BrClN2O3. The number of benzene rings is 2. The first-order valence-corrected chi connectivity index (χ1v) is 9.35. The molecule has 134 valence electrons. The van der Waals surface area contributed by atoms with Gasteiger partial charge in [0.1, 0.15) is 11.9 Å². The van der Waals surface area contributed by atoms with Gasteiger partial charge >= 0.3 is 0 Å². The van der Waals surface area contributed by atoms with Gasteiger partial charge in [0.25, 0.3) is 5.91 Å². The average Bonchev–Trinajstić information content (AvgIpc) is 2.95. The van der Waals surface area contributed by atoms with Gasteiger partial charge in [0, 0.05) is 11.0 Å². The van der Waals surface area contributed by atoms with Crippen LogP contribution in [-0.4, -0.2) is 34.5 Å². The molecule has 3 rings (SSSR count). The minimum absolute atomic E-state index is 0.0512. The highest BCUT2D eigenvalue weighted by Crippen LogP contribution is 2.28. The second-order valence-corrected chi connectivity index (χ2v) is 7.09. The van der Waals surface area contributed by atoms with E-state index >= 15 is 0 Å². The van der Waals surface area contributed by atoms with Crippen LogP contribution in [0, 0.1) is 0 Å². The lowest BCUT2D eigenvalue weighted by molar-refractivity contribution is -0.136. The standard InChI is InChI=1S/C19H16BrClN2O3/c20-14-6-8-15(9-7-14)23-17(24)10-16(19(23)26)22(18(25)11-21)12-13-4-2-1-3-5-13/h1-9,16H,10-12H2. The van der Waals surface area contributed by atoms with E-state index in [1.165, 1.54) is 4.90 Å². The number of nitrogens with zero attached hydrogens (tertiary/aromatic N) is 2. The first-order valence-electron chi connectivity index (χ1n) is 8.03.